The minimum Gasteiger partial charge on any atom is -0.493 e. The molecule has 6 nitrogen and oxygen atoms in total. The molecular formula is C27H29FN2O4. The lowest BCUT2D eigenvalue weighted by Gasteiger charge is -2.39. The summed E-state index contributed by atoms with van der Waals surface area (Å²) in [6, 6.07) is 11.0. The van der Waals surface area contributed by atoms with E-state index < -0.39 is 5.92 Å². The van der Waals surface area contributed by atoms with Gasteiger partial charge in [-0.2, -0.15) is 0 Å². The Morgan fingerprint density at radius 3 is 2.38 bits per heavy atom. The molecule has 2 N–H and O–H groups in total. The van der Waals surface area contributed by atoms with Gasteiger partial charge in [-0.05, 0) is 60.7 Å². The SMILES string of the molecule is COc1ccc([C@H]2C(C(=O)Nc3ccc(F)cc3)=C(C)NC3=C2C(=O)CC(C)(C)C3)cc1OC. The lowest BCUT2D eigenvalue weighted by atomic mass is 9.68. The van der Waals surface area contributed by atoms with Gasteiger partial charge in [-0.3, -0.25) is 9.59 Å². The number of Topliss-reactive ketones (excluding diaryl/α,β-unsaturated/α-hetero) is 1. The normalized spacial score (nSPS) is 19.4. The zero-order chi connectivity index (χ0) is 24.6. The van der Waals surface area contributed by atoms with Crippen LogP contribution in [0.15, 0.2) is 65.0 Å². The number of allylic oxidation sites excluding steroid dienone is 3. The van der Waals surface area contributed by atoms with Crippen molar-refractivity contribution in [3.63, 3.8) is 0 Å². The number of nitrogens with one attached hydrogen (secondary N) is 2. The predicted molar refractivity (Wildman–Crippen MR) is 128 cm³/mol. The number of anilines is 1. The van der Waals surface area contributed by atoms with Crippen LogP contribution in [0.4, 0.5) is 10.1 Å². The highest BCUT2D eigenvalue weighted by Gasteiger charge is 2.42. The molecule has 4 rings (SSSR count). The quantitative estimate of drug-likeness (QED) is 0.645. The van der Waals surface area contributed by atoms with Crippen molar-refractivity contribution in [3.05, 3.63) is 76.4 Å². The van der Waals surface area contributed by atoms with Gasteiger partial charge in [-0.25, -0.2) is 4.39 Å². The molecule has 1 aliphatic heterocycles. The molecule has 1 aliphatic carbocycles. The second-order valence-corrected chi connectivity index (χ2v) is 9.51. The molecule has 0 aromatic heterocycles. The number of carbonyl (C=O) groups excluding carboxylic acids is 2. The van der Waals surface area contributed by atoms with Crippen molar-refractivity contribution in [1.29, 1.82) is 0 Å². The van der Waals surface area contributed by atoms with E-state index in [0.717, 1.165) is 11.3 Å². The summed E-state index contributed by atoms with van der Waals surface area (Å²) >= 11 is 0. The van der Waals surface area contributed by atoms with Crippen molar-refractivity contribution in [2.24, 2.45) is 5.41 Å². The molecule has 1 amide bonds. The minimum atomic E-state index is -0.583. The Balaban J connectivity index is 1.83. The van der Waals surface area contributed by atoms with Crippen LogP contribution in [0.25, 0.3) is 0 Å². The predicted octanol–water partition coefficient (Wildman–Crippen LogP) is 5.09. The number of benzene rings is 2. The molecule has 2 aromatic carbocycles. The number of carbonyl (C=O) groups is 2. The van der Waals surface area contributed by atoms with Crippen LogP contribution in [0.5, 0.6) is 11.5 Å². The third-order valence-corrected chi connectivity index (χ3v) is 6.33. The lowest BCUT2D eigenvalue weighted by Crippen LogP contribution is -2.39. The van der Waals surface area contributed by atoms with Crippen molar-refractivity contribution in [1.82, 2.24) is 5.32 Å². The van der Waals surface area contributed by atoms with Crippen LogP contribution in [0.2, 0.25) is 0 Å². The molecule has 0 saturated carbocycles. The summed E-state index contributed by atoms with van der Waals surface area (Å²) in [6.45, 7) is 5.97. The van der Waals surface area contributed by atoms with E-state index in [0.29, 0.717) is 46.9 Å². The fraction of sp³-hybridized carbons (Fsp3) is 0.333. The first kappa shape index (κ1) is 23.5. The van der Waals surface area contributed by atoms with Gasteiger partial charge in [-0.1, -0.05) is 19.9 Å². The molecule has 2 aromatic rings. The van der Waals surface area contributed by atoms with Crippen LogP contribution in [0.3, 0.4) is 0 Å². The number of ether oxygens (including phenoxy) is 2. The van der Waals surface area contributed by atoms with Gasteiger partial charge in [-0.15, -0.1) is 0 Å². The Labute approximate surface area is 198 Å². The summed E-state index contributed by atoms with van der Waals surface area (Å²) in [7, 11) is 3.10. The Kier molecular flexibility index (Phi) is 6.21. The summed E-state index contributed by atoms with van der Waals surface area (Å²) in [4.78, 5) is 27.0. The molecule has 0 bridgehead atoms. The Bertz CT molecular complexity index is 1210. The zero-order valence-electron chi connectivity index (χ0n) is 20.0. The smallest absolute Gasteiger partial charge is 0.254 e. The van der Waals surface area contributed by atoms with E-state index in [4.69, 9.17) is 9.47 Å². The Hall–Kier alpha value is -3.61. The molecule has 7 heteroatoms. The van der Waals surface area contributed by atoms with E-state index in [1.54, 1.807) is 20.3 Å². The number of ketones is 1. The second-order valence-electron chi connectivity index (χ2n) is 9.51. The molecule has 2 aliphatic rings. The van der Waals surface area contributed by atoms with Crippen molar-refractivity contribution in [2.75, 3.05) is 19.5 Å². The van der Waals surface area contributed by atoms with Crippen LogP contribution in [0.1, 0.15) is 45.1 Å². The maximum Gasteiger partial charge on any atom is 0.254 e. The Morgan fingerprint density at radius 2 is 1.74 bits per heavy atom. The van der Waals surface area contributed by atoms with E-state index in [1.165, 1.54) is 24.3 Å². The number of halogens is 1. The van der Waals surface area contributed by atoms with E-state index in [9.17, 15) is 14.0 Å². The van der Waals surface area contributed by atoms with Crippen LogP contribution in [0, 0.1) is 11.2 Å². The van der Waals surface area contributed by atoms with Crippen LogP contribution >= 0.6 is 0 Å². The van der Waals surface area contributed by atoms with Gasteiger partial charge < -0.3 is 20.1 Å². The summed E-state index contributed by atoms with van der Waals surface area (Å²) in [5.74, 6) is -0.247. The topological polar surface area (TPSA) is 76.7 Å². The standard InChI is InChI=1S/C27H29FN2O4/c1-15-23(26(32)30-18-9-7-17(28)8-10-18)24(16-6-11-21(33-4)22(12-16)34-5)25-19(29-15)13-27(2,3)14-20(25)31/h6-12,24,29H,13-14H2,1-5H3,(H,30,32)/t24-/m0/s1. The molecule has 1 atom stereocenters. The average Bonchev–Trinajstić information content (AvgIpc) is 2.78. The molecule has 0 saturated heterocycles. The van der Waals surface area contributed by atoms with Crippen LogP contribution in [-0.4, -0.2) is 25.9 Å². The third kappa shape index (κ3) is 4.42. The van der Waals surface area contributed by atoms with Gasteiger partial charge in [0, 0.05) is 40.6 Å². The highest BCUT2D eigenvalue weighted by molar-refractivity contribution is 6.10. The van der Waals surface area contributed by atoms with Crippen molar-refractivity contribution >= 4 is 17.4 Å². The van der Waals surface area contributed by atoms with E-state index in [1.807, 2.05) is 19.1 Å². The number of methoxy groups -OCH3 is 2. The maximum absolute atomic E-state index is 13.5. The molecule has 0 unspecified atom stereocenters. The molecule has 1 heterocycles. The molecule has 0 fully saturated rings. The van der Waals surface area contributed by atoms with Crippen molar-refractivity contribution < 1.29 is 23.5 Å². The first-order valence-corrected chi connectivity index (χ1v) is 11.2. The van der Waals surface area contributed by atoms with Gasteiger partial charge in [0.25, 0.3) is 5.91 Å². The zero-order valence-corrected chi connectivity index (χ0v) is 20.0. The highest BCUT2D eigenvalue weighted by Crippen LogP contribution is 2.47. The Morgan fingerprint density at radius 1 is 1.06 bits per heavy atom. The van der Waals surface area contributed by atoms with E-state index in [-0.39, 0.29) is 22.9 Å². The van der Waals surface area contributed by atoms with Crippen LogP contribution < -0.4 is 20.1 Å². The third-order valence-electron chi connectivity index (χ3n) is 6.33. The number of rotatable bonds is 5. The number of amides is 1. The van der Waals surface area contributed by atoms with Gasteiger partial charge in [0.2, 0.25) is 0 Å². The molecule has 34 heavy (non-hydrogen) atoms. The van der Waals surface area contributed by atoms with Crippen LogP contribution in [-0.2, 0) is 9.59 Å². The first-order valence-electron chi connectivity index (χ1n) is 11.2. The maximum atomic E-state index is 13.5. The van der Waals surface area contributed by atoms with Crippen molar-refractivity contribution in [2.45, 2.75) is 39.5 Å². The van der Waals surface area contributed by atoms with Crippen molar-refractivity contribution in [3.8, 4) is 11.5 Å². The lowest BCUT2D eigenvalue weighted by molar-refractivity contribution is -0.118. The first-order chi connectivity index (χ1) is 16.1. The number of hydrogen-bond donors (Lipinski definition) is 2. The van der Waals surface area contributed by atoms with Gasteiger partial charge >= 0.3 is 0 Å². The summed E-state index contributed by atoms with van der Waals surface area (Å²) in [6.07, 6.45) is 1.09. The van der Waals surface area contributed by atoms with E-state index in [2.05, 4.69) is 24.5 Å². The average molecular weight is 465 g/mol. The monoisotopic (exact) mass is 464 g/mol. The largest absolute Gasteiger partial charge is 0.493 e. The molecule has 0 spiro atoms. The molecule has 178 valence electrons. The van der Waals surface area contributed by atoms with Gasteiger partial charge in [0.15, 0.2) is 17.3 Å². The second kappa shape index (κ2) is 8.97. The summed E-state index contributed by atoms with van der Waals surface area (Å²) in [5, 5.41) is 6.20. The van der Waals surface area contributed by atoms with Gasteiger partial charge in [0.1, 0.15) is 5.82 Å². The fourth-order valence-electron chi connectivity index (χ4n) is 4.83. The molecular weight excluding hydrogens is 435 g/mol. The summed E-state index contributed by atoms with van der Waals surface area (Å²) in [5.41, 5.74) is 3.58. The highest BCUT2D eigenvalue weighted by atomic mass is 19.1. The van der Waals surface area contributed by atoms with Gasteiger partial charge in [0.05, 0.1) is 14.2 Å². The molecule has 0 radical (unpaired) electrons. The fourth-order valence-corrected chi connectivity index (χ4v) is 4.83. The number of hydrogen-bond acceptors (Lipinski definition) is 5. The summed E-state index contributed by atoms with van der Waals surface area (Å²) < 4.78 is 24.2. The number of dihydropyridines is 1. The van der Waals surface area contributed by atoms with E-state index >= 15 is 0 Å². The minimum absolute atomic E-state index is 0.0121.